The quantitative estimate of drug-likeness (QED) is 0.661. The van der Waals surface area contributed by atoms with Crippen LogP contribution in [0.3, 0.4) is 0 Å². The number of amides is 2. The Morgan fingerprint density at radius 2 is 1.59 bits per heavy atom. The van der Waals surface area contributed by atoms with Crippen molar-refractivity contribution in [2.75, 3.05) is 11.9 Å². The molecule has 2 rings (SSSR count). The summed E-state index contributed by atoms with van der Waals surface area (Å²) < 4.78 is 53.0. The molecule has 0 radical (unpaired) electrons. The van der Waals surface area contributed by atoms with Gasteiger partial charge in [0.15, 0.2) is 11.6 Å². The molecule has 0 aromatic heterocycles. The maximum absolute atomic E-state index is 13.1. The van der Waals surface area contributed by atoms with E-state index in [0.29, 0.717) is 0 Å². The Balaban J connectivity index is 1.95. The third-order valence-corrected chi connectivity index (χ3v) is 5.25. The second-order valence-electron chi connectivity index (χ2n) is 7.24. The van der Waals surface area contributed by atoms with Crippen molar-refractivity contribution in [1.29, 1.82) is 0 Å². The Bertz CT molecular complexity index is 1020. The number of sulfonamides is 1. The molecule has 0 saturated heterocycles. The van der Waals surface area contributed by atoms with Crippen molar-refractivity contribution in [3.8, 4) is 0 Å². The van der Waals surface area contributed by atoms with E-state index in [1.165, 1.54) is 30.3 Å². The monoisotopic (exact) mass is 425 g/mol. The van der Waals surface area contributed by atoms with Gasteiger partial charge in [0, 0.05) is 22.9 Å². The first-order chi connectivity index (χ1) is 13.4. The molecule has 0 aliphatic rings. The predicted octanol–water partition coefficient (Wildman–Crippen LogP) is 2.41. The first-order valence-corrected chi connectivity index (χ1v) is 10.0. The van der Waals surface area contributed by atoms with Gasteiger partial charge in [-0.15, -0.1) is 0 Å². The number of anilines is 1. The third kappa shape index (κ3) is 6.61. The second kappa shape index (κ2) is 8.66. The number of hydrogen-bond acceptors (Lipinski definition) is 4. The second-order valence-corrected chi connectivity index (χ2v) is 8.92. The molecule has 156 valence electrons. The summed E-state index contributed by atoms with van der Waals surface area (Å²) >= 11 is 0. The van der Waals surface area contributed by atoms with Crippen LogP contribution in [0.25, 0.3) is 0 Å². The largest absolute Gasteiger partial charge is 0.343 e. The van der Waals surface area contributed by atoms with E-state index in [-0.39, 0.29) is 16.1 Å². The number of rotatable bonds is 6. The van der Waals surface area contributed by atoms with Crippen molar-refractivity contribution in [2.45, 2.75) is 31.2 Å². The van der Waals surface area contributed by atoms with E-state index in [9.17, 15) is 26.8 Å². The van der Waals surface area contributed by atoms with Crippen LogP contribution in [0.15, 0.2) is 47.4 Å². The van der Waals surface area contributed by atoms with Crippen molar-refractivity contribution in [1.82, 2.24) is 10.0 Å². The van der Waals surface area contributed by atoms with Gasteiger partial charge in [-0.1, -0.05) is 0 Å². The van der Waals surface area contributed by atoms with Crippen LogP contribution < -0.4 is 15.4 Å². The molecule has 10 heteroatoms. The van der Waals surface area contributed by atoms with Crippen molar-refractivity contribution >= 4 is 27.5 Å². The van der Waals surface area contributed by atoms with Gasteiger partial charge in [0.05, 0.1) is 11.4 Å². The maximum Gasteiger partial charge on any atom is 0.251 e. The Morgan fingerprint density at radius 1 is 0.966 bits per heavy atom. The Labute approximate surface area is 167 Å². The van der Waals surface area contributed by atoms with Gasteiger partial charge >= 0.3 is 0 Å². The summed E-state index contributed by atoms with van der Waals surface area (Å²) in [4.78, 5) is 24.0. The number of carbonyl (C=O) groups excluding carboxylic acids is 2. The molecule has 2 amide bonds. The van der Waals surface area contributed by atoms with Crippen LogP contribution >= 0.6 is 0 Å². The third-order valence-electron chi connectivity index (χ3n) is 3.48. The van der Waals surface area contributed by atoms with E-state index in [2.05, 4.69) is 15.4 Å². The highest BCUT2D eigenvalue weighted by Gasteiger charge is 2.22. The van der Waals surface area contributed by atoms with E-state index in [0.717, 1.165) is 12.1 Å². The van der Waals surface area contributed by atoms with Gasteiger partial charge in [-0.25, -0.2) is 21.9 Å². The van der Waals surface area contributed by atoms with Gasteiger partial charge in [0.2, 0.25) is 15.9 Å². The van der Waals surface area contributed by atoms with Crippen molar-refractivity contribution in [3.05, 3.63) is 59.7 Å². The number of halogens is 2. The smallest absolute Gasteiger partial charge is 0.251 e. The van der Waals surface area contributed by atoms with Gasteiger partial charge < -0.3 is 10.6 Å². The summed E-state index contributed by atoms with van der Waals surface area (Å²) in [6, 6.07) is 8.07. The minimum atomic E-state index is -3.73. The highest BCUT2D eigenvalue weighted by molar-refractivity contribution is 7.89. The summed E-state index contributed by atoms with van der Waals surface area (Å²) in [7, 11) is -3.73. The Kier molecular flexibility index (Phi) is 6.70. The van der Waals surface area contributed by atoms with Gasteiger partial charge in [-0.3, -0.25) is 9.59 Å². The van der Waals surface area contributed by atoms with Gasteiger partial charge in [0.1, 0.15) is 0 Å². The van der Waals surface area contributed by atoms with Crippen LogP contribution in [0.5, 0.6) is 0 Å². The molecule has 0 bridgehead atoms. The molecule has 2 aromatic rings. The highest BCUT2D eigenvalue weighted by Crippen LogP contribution is 2.14. The zero-order valence-corrected chi connectivity index (χ0v) is 16.9. The molecular weight excluding hydrogens is 404 g/mol. The summed E-state index contributed by atoms with van der Waals surface area (Å²) in [5, 5.41) is 4.68. The molecule has 0 spiro atoms. The molecule has 3 N–H and O–H groups in total. The van der Waals surface area contributed by atoms with Gasteiger partial charge in [-0.05, 0) is 57.2 Å². The van der Waals surface area contributed by atoms with Crippen molar-refractivity contribution < 1.29 is 26.8 Å². The Hall–Kier alpha value is -2.85. The standard InChI is InChI=1S/C19H21F2N3O4S/c1-19(2,3)24-29(27,28)14-7-4-12(5-8-14)18(26)22-11-17(25)23-13-6-9-15(20)16(21)10-13/h4-10,24H,11H2,1-3H3,(H,22,26)(H,23,25). The van der Waals surface area contributed by atoms with Gasteiger partial charge in [0.25, 0.3) is 5.91 Å². The fourth-order valence-corrected chi connectivity index (χ4v) is 3.71. The molecule has 0 aliphatic carbocycles. The minimum absolute atomic E-state index is 0.0000505. The molecule has 2 aromatic carbocycles. The van der Waals surface area contributed by atoms with Crippen LogP contribution in [0.1, 0.15) is 31.1 Å². The highest BCUT2D eigenvalue weighted by atomic mass is 32.2. The van der Waals surface area contributed by atoms with Crippen LogP contribution in [-0.4, -0.2) is 32.3 Å². The first-order valence-electron chi connectivity index (χ1n) is 8.54. The lowest BCUT2D eigenvalue weighted by Gasteiger charge is -2.20. The lowest BCUT2D eigenvalue weighted by atomic mass is 10.1. The molecule has 0 aliphatic heterocycles. The van der Waals surface area contributed by atoms with E-state index >= 15 is 0 Å². The van der Waals surface area contributed by atoms with Crippen LogP contribution in [0, 0.1) is 11.6 Å². The lowest BCUT2D eigenvalue weighted by molar-refractivity contribution is -0.115. The van der Waals surface area contributed by atoms with E-state index in [4.69, 9.17) is 0 Å². The normalized spacial score (nSPS) is 11.8. The topological polar surface area (TPSA) is 104 Å². The van der Waals surface area contributed by atoms with Gasteiger partial charge in [-0.2, -0.15) is 0 Å². The molecule has 0 heterocycles. The van der Waals surface area contributed by atoms with Crippen LogP contribution in [-0.2, 0) is 14.8 Å². The maximum atomic E-state index is 13.1. The van der Waals surface area contributed by atoms with Crippen LogP contribution in [0.4, 0.5) is 14.5 Å². The first kappa shape index (κ1) is 22.4. The van der Waals surface area contributed by atoms with Crippen molar-refractivity contribution in [2.24, 2.45) is 0 Å². The summed E-state index contributed by atoms with van der Waals surface area (Å²) in [5.74, 6) is -3.39. The van der Waals surface area contributed by atoms with E-state index in [1.54, 1.807) is 20.8 Å². The van der Waals surface area contributed by atoms with Crippen molar-refractivity contribution in [3.63, 3.8) is 0 Å². The zero-order valence-electron chi connectivity index (χ0n) is 16.0. The molecule has 0 saturated carbocycles. The molecule has 0 unspecified atom stereocenters. The fraction of sp³-hybridized carbons (Fsp3) is 0.263. The Morgan fingerprint density at radius 3 is 2.14 bits per heavy atom. The molecular formula is C19H21F2N3O4S. The average Bonchev–Trinajstić information content (AvgIpc) is 2.61. The minimum Gasteiger partial charge on any atom is -0.343 e. The van der Waals surface area contributed by atoms with E-state index in [1.807, 2.05) is 0 Å². The summed E-state index contributed by atoms with van der Waals surface area (Å²) in [5.41, 5.74) is -0.459. The SMILES string of the molecule is CC(C)(C)NS(=O)(=O)c1ccc(C(=O)NCC(=O)Nc2ccc(F)c(F)c2)cc1. The predicted molar refractivity (Wildman–Crippen MR) is 104 cm³/mol. The number of hydrogen-bond donors (Lipinski definition) is 3. The molecule has 7 nitrogen and oxygen atoms in total. The molecule has 0 fully saturated rings. The lowest BCUT2D eigenvalue weighted by Crippen LogP contribution is -2.40. The average molecular weight is 425 g/mol. The molecule has 0 atom stereocenters. The summed E-state index contributed by atoms with van der Waals surface area (Å²) in [6.07, 6.45) is 0. The number of nitrogens with one attached hydrogen (secondary N) is 3. The molecule has 29 heavy (non-hydrogen) atoms. The summed E-state index contributed by atoms with van der Waals surface area (Å²) in [6.45, 7) is 4.71. The van der Waals surface area contributed by atoms with Crippen LogP contribution in [0.2, 0.25) is 0 Å². The van der Waals surface area contributed by atoms with E-state index < -0.39 is 45.6 Å². The zero-order chi connectivity index (χ0) is 21.8. The number of benzene rings is 2. The fourth-order valence-electron chi connectivity index (χ4n) is 2.29. The number of carbonyl (C=O) groups is 2.